The van der Waals surface area contributed by atoms with Crippen molar-refractivity contribution < 1.29 is 18.1 Å². The molecule has 0 aromatic heterocycles. The summed E-state index contributed by atoms with van der Waals surface area (Å²) < 4.78 is 27.8. The predicted octanol–water partition coefficient (Wildman–Crippen LogP) is 1.40. The Bertz CT molecular complexity index is 509. The van der Waals surface area contributed by atoms with E-state index in [1.165, 1.54) is 20.1 Å². The average Bonchev–Trinajstić information content (AvgIpc) is 2.27. The third-order valence-electron chi connectivity index (χ3n) is 2.09. The van der Waals surface area contributed by atoms with Crippen LogP contribution >= 0.6 is 0 Å². The highest BCUT2D eigenvalue weighted by atomic mass is 32.2. The number of ether oxygens (including phenoxy) is 1. The molecule has 0 N–H and O–H groups in total. The first-order chi connectivity index (χ1) is 7.42. The van der Waals surface area contributed by atoms with Crippen molar-refractivity contribution in [2.75, 3.05) is 12.9 Å². The van der Waals surface area contributed by atoms with Crippen LogP contribution in [0.1, 0.15) is 6.92 Å². The second-order valence-corrected chi connectivity index (χ2v) is 5.27. The fraction of sp³-hybridized carbons (Fsp3) is 0.333. The van der Waals surface area contributed by atoms with E-state index < -0.39 is 14.8 Å². The van der Waals surface area contributed by atoms with Crippen molar-refractivity contribution in [3.8, 4) is 5.75 Å². The summed E-state index contributed by atoms with van der Waals surface area (Å²) in [6.45, 7) is 1.50. The van der Waals surface area contributed by atoms with E-state index in [-0.39, 0.29) is 22.1 Å². The Kier molecular flexibility index (Phi) is 3.48. The minimum absolute atomic E-state index is 0.0254. The van der Waals surface area contributed by atoms with Gasteiger partial charge in [-0.15, -0.1) is 0 Å². The average molecular weight is 245 g/mol. The normalized spacial score (nSPS) is 11.1. The summed E-state index contributed by atoms with van der Waals surface area (Å²) in [5, 5.41) is 10.6. The van der Waals surface area contributed by atoms with Crippen LogP contribution in [0.3, 0.4) is 0 Å². The highest BCUT2D eigenvalue weighted by Gasteiger charge is 2.19. The zero-order chi connectivity index (χ0) is 12.3. The van der Waals surface area contributed by atoms with Gasteiger partial charge in [0, 0.05) is 12.1 Å². The van der Waals surface area contributed by atoms with Gasteiger partial charge in [-0.25, -0.2) is 8.42 Å². The van der Waals surface area contributed by atoms with Crippen LogP contribution in [0.2, 0.25) is 0 Å². The smallest absolute Gasteiger partial charge is 0.310 e. The molecule has 0 bridgehead atoms. The Labute approximate surface area is 92.9 Å². The molecule has 0 saturated heterocycles. The molecule has 0 atom stereocenters. The molecule has 1 aromatic carbocycles. The van der Waals surface area contributed by atoms with Crippen LogP contribution in [0.5, 0.6) is 5.75 Å². The van der Waals surface area contributed by atoms with Crippen molar-refractivity contribution in [3.63, 3.8) is 0 Å². The Morgan fingerprint density at radius 2 is 2.06 bits per heavy atom. The van der Waals surface area contributed by atoms with E-state index in [1.54, 1.807) is 0 Å². The molecule has 0 aliphatic heterocycles. The van der Waals surface area contributed by atoms with E-state index in [0.29, 0.717) is 0 Å². The van der Waals surface area contributed by atoms with Crippen molar-refractivity contribution in [2.24, 2.45) is 0 Å². The topological polar surface area (TPSA) is 86.5 Å². The zero-order valence-corrected chi connectivity index (χ0v) is 9.65. The second-order valence-electron chi connectivity index (χ2n) is 2.99. The molecule has 0 fully saturated rings. The number of nitro groups is 1. The lowest BCUT2D eigenvalue weighted by molar-refractivity contribution is -0.385. The van der Waals surface area contributed by atoms with Crippen LogP contribution in [0, 0.1) is 10.1 Å². The van der Waals surface area contributed by atoms with Crippen LogP contribution in [0.25, 0.3) is 0 Å². The highest BCUT2D eigenvalue weighted by Crippen LogP contribution is 2.29. The molecule has 0 unspecified atom stereocenters. The van der Waals surface area contributed by atoms with Crippen molar-refractivity contribution in [2.45, 2.75) is 11.8 Å². The third-order valence-corrected chi connectivity index (χ3v) is 3.82. The summed E-state index contributed by atoms with van der Waals surface area (Å²) in [6, 6.07) is 3.50. The maximum Gasteiger partial charge on any atom is 0.310 e. The standard InChI is InChI=1S/C9H11NO5S/c1-3-16(13,14)7-4-5-8(10(11)12)9(6-7)15-2/h4-6H,3H2,1-2H3. The van der Waals surface area contributed by atoms with Crippen LogP contribution < -0.4 is 4.74 Å². The van der Waals surface area contributed by atoms with Crippen LogP contribution in [-0.4, -0.2) is 26.2 Å². The number of nitrogens with zero attached hydrogens (tertiary/aromatic N) is 1. The van der Waals surface area contributed by atoms with E-state index in [0.717, 1.165) is 12.1 Å². The van der Waals surface area contributed by atoms with Gasteiger partial charge in [0.05, 0.1) is 22.7 Å². The van der Waals surface area contributed by atoms with Gasteiger partial charge < -0.3 is 4.74 Å². The number of hydrogen-bond acceptors (Lipinski definition) is 5. The molecule has 0 saturated carbocycles. The molecule has 7 heteroatoms. The Morgan fingerprint density at radius 3 is 2.50 bits per heavy atom. The van der Waals surface area contributed by atoms with E-state index in [9.17, 15) is 18.5 Å². The molecule has 16 heavy (non-hydrogen) atoms. The summed E-state index contributed by atoms with van der Waals surface area (Å²) >= 11 is 0. The largest absolute Gasteiger partial charge is 0.490 e. The monoisotopic (exact) mass is 245 g/mol. The summed E-state index contributed by atoms with van der Waals surface area (Å²) in [4.78, 5) is 9.99. The number of hydrogen-bond donors (Lipinski definition) is 0. The quantitative estimate of drug-likeness (QED) is 0.591. The molecular weight excluding hydrogens is 234 g/mol. The first-order valence-corrected chi connectivity index (χ1v) is 6.12. The van der Waals surface area contributed by atoms with Gasteiger partial charge in [-0.2, -0.15) is 0 Å². The van der Waals surface area contributed by atoms with Gasteiger partial charge >= 0.3 is 5.69 Å². The van der Waals surface area contributed by atoms with Gasteiger partial charge in [0.15, 0.2) is 15.6 Å². The minimum atomic E-state index is -3.38. The molecule has 1 rings (SSSR count). The van der Waals surface area contributed by atoms with Crippen molar-refractivity contribution in [1.82, 2.24) is 0 Å². The first kappa shape index (κ1) is 12.4. The van der Waals surface area contributed by atoms with Gasteiger partial charge in [-0.1, -0.05) is 6.92 Å². The number of benzene rings is 1. The molecule has 1 aromatic rings. The van der Waals surface area contributed by atoms with Crippen molar-refractivity contribution in [3.05, 3.63) is 28.3 Å². The lowest BCUT2D eigenvalue weighted by Crippen LogP contribution is -2.04. The molecule has 6 nitrogen and oxygen atoms in total. The number of sulfone groups is 1. The van der Waals surface area contributed by atoms with Crippen LogP contribution in [0.15, 0.2) is 23.1 Å². The lowest BCUT2D eigenvalue weighted by Gasteiger charge is -2.05. The van der Waals surface area contributed by atoms with Gasteiger partial charge in [0.2, 0.25) is 0 Å². The second kappa shape index (κ2) is 4.48. The number of rotatable bonds is 4. The van der Waals surface area contributed by atoms with Gasteiger partial charge in [0.25, 0.3) is 0 Å². The van der Waals surface area contributed by atoms with E-state index in [1.807, 2.05) is 0 Å². The van der Waals surface area contributed by atoms with Gasteiger partial charge in [-0.05, 0) is 6.07 Å². The molecule has 0 aliphatic carbocycles. The molecule has 0 amide bonds. The summed E-state index contributed by atoms with van der Waals surface area (Å²) in [5.41, 5.74) is -0.252. The Hall–Kier alpha value is -1.63. The van der Waals surface area contributed by atoms with Gasteiger partial charge in [0.1, 0.15) is 0 Å². The number of methoxy groups -OCH3 is 1. The van der Waals surface area contributed by atoms with E-state index >= 15 is 0 Å². The summed E-state index contributed by atoms with van der Waals surface area (Å²) in [6.07, 6.45) is 0. The maximum absolute atomic E-state index is 11.5. The van der Waals surface area contributed by atoms with E-state index in [4.69, 9.17) is 4.74 Å². The molecule has 0 heterocycles. The predicted molar refractivity (Wildman–Crippen MR) is 57.4 cm³/mol. The molecule has 88 valence electrons. The fourth-order valence-electron chi connectivity index (χ4n) is 1.17. The summed E-state index contributed by atoms with van der Waals surface area (Å²) in [5.74, 6) is -0.118. The SMILES string of the molecule is CCS(=O)(=O)c1ccc([N+](=O)[O-])c(OC)c1. The van der Waals surface area contributed by atoms with E-state index in [2.05, 4.69) is 0 Å². The Balaban J connectivity index is 3.35. The van der Waals surface area contributed by atoms with Crippen LogP contribution in [0.4, 0.5) is 5.69 Å². The first-order valence-electron chi connectivity index (χ1n) is 4.47. The fourth-order valence-corrected chi connectivity index (χ4v) is 2.06. The molecule has 0 radical (unpaired) electrons. The minimum Gasteiger partial charge on any atom is -0.490 e. The lowest BCUT2D eigenvalue weighted by atomic mass is 10.3. The highest BCUT2D eigenvalue weighted by molar-refractivity contribution is 7.91. The van der Waals surface area contributed by atoms with Crippen LogP contribution in [-0.2, 0) is 9.84 Å². The maximum atomic E-state index is 11.5. The van der Waals surface area contributed by atoms with Crippen molar-refractivity contribution in [1.29, 1.82) is 0 Å². The van der Waals surface area contributed by atoms with Gasteiger partial charge in [-0.3, -0.25) is 10.1 Å². The zero-order valence-electron chi connectivity index (χ0n) is 8.84. The third kappa shape index (κ3) is 2.30. The number of nitro benzene ring substituents is 1. The Morgan fingerprint density at radius 1 is 1.44 bits per heavy atom. The molecule has 0 spiro atoms. The molecular formula is C9H11NO5S. The molecule has 0 aliphatic rings. The summed E-state index contributed by atoms with van der Waals surface area (Å²) in [7, 11) is -2.12. The van der Waals surface area contributed by atoms with Crippen molar-refractivity contribution >= 4 is 15.5 Å².